The minimum atomic E-state index is -0.583. The van der Waals surface area contributed by atoms with Gasteiger partial charge in [0.15, 0.2) is 0 Å². The molecule has 0 saturated heterocycles. The Morgan fingerprint density at radius 1 is 1.23 bits per heavy atom. The summed E-state index contributed by atoms with van der Waals surface area (Å²) in [6.45, 7) is 2.43. The molecule has 1 fully saturated rings. The summed E-state index contributed by atoms with van der Waals surface area (Å²) in [5.41, 5.74) is 0.895. The van der Waals surface area contributed by atoms with Gasteiger partial charge in [-0.2, -0.15) is 0 Å². The summed E-state index contributed by atoms with van der Waals surface area (Å²) in [7, 11) is 1.59. The van der Waals surface area contributed by atoms with Gasteiger partial charge in [-0.3, -0.25) is 9.59 Å². The van der Waals surface area contributed by atoms with Crippen molar-refractivity contribution in [2.24, 2.45) is 5.92 Å². The van der Waals surface area contributed by atoms with Gasteiger partial charge in [-0.05, 0) is 36.5 Å². The highest BCUT2D eigenvalue weighted by molar-refractivity contribution is 6.35. The third-order valence-electron chi connectivity index (χ3n) is 4.22. The van der Waals surface area contributed by atoms with Crippen LogP contribution in [-0.2, 0) is 16.1 Å². The molecule has 2 atom stereocenters. The second-order valence-electron chi connectivity index (χ2n) is 5.88. The second kappa shape index (κ2) is 7.82. The molecule has 120 valence electrons. The molecule has 1 saturated carbocycles. The number of hydrogen-bond acceptors (Lipinski definition) is 3. The predicted octanol–water partition coefficient (Wildman–Crippen LogP) is 2.01. The van der Waals surface area contributed by atoms with Gasteiger partial charge in [0.2, 0.25) is 0 Å². The van der Waals surface area contributed by atoms with E-state index in [1.807, 2.05) is 24.3 Å². The average molecular weight is 304 g/mol. The SMILES string of the molecule is COc1cccc(CNC(=O)C(=O)N[C@@H]2CCCC[C@H]2C)c1. The quantitative estimate of drug-likeness (QED) is 0.836. The van der Waals surface area contributed by atoms with Crippen molar-refractivity contribution >= 4 is 11.8 Å². The lowest BCUT2D eigenvalue weighted by molar-refractivity contribution is -0.140. The Bertz CT molecular complexity index is 530. The fourth-order valence-corrected chi connectivity index (χ4v) is 2.81. The Labute approximate surface area is 131 Å². The van der Waals surface area contributed by atoms with Crippen LogP contribution in [0.5, 0.6) is 5.75 Å². The molecule has 0 radical (unpaired) electrons. The van der Waals surface area contributed by atoms with Crippen molar-refractivity contribution in [2.45, 2.75) is 45.2 Å². The third-order valence-corrected chi connectivity index (χ3v) is 4.22. The number of carbonyl (C=O) groups excluding carboxylic acids is 2. The average Bonchev–Trinajstić information content (AvgIpc) is 2.54. The Balaban J connectivity index is 1.82. The first-order chi connectivity index (χ1) is 10.6. The zero-order valence-electron chi connectivity index (χ0n) is 13.2. The maximum absolute atomic E-state index is 12.0. The van der Waals surface area contributed by atoms with Crippen LogP contribution >= 0.6 is 0 Å². The second-order valence-corrected chi connectivity index (χ2v) is 5.88. The highest BCUT2D eigenvalue weighted by Gasteiger charge is 2.25. The molecule has 0 aromatic heterocycles. The molecule has 0 heterocycles. The van der Waals surface area contributed by atoms with E-state index < -0.39 is 11.8 Å². The van der Waals surface area contributed by atoms with E-state index in [1.54, 1.807) is 7.11 Å². The lowest BCUT2D eigenvalue weighted by atomic mass is 9.86. The van der Waals surface area contributed by atoms with E-state index in [0.717, 1.165) is 30.6 Å². The number of ether oxygens (including phenoxy) is 1. The van der Waals surface area contributed by atoms with E-state index in [2.05, 4.69) is 17.6 Å². The van der Waals surface area contributed by atoms with Gasteiger partial charge in [-0.1, -0.05) is 31.9 Å². The van der Waals surface area contributed by atoms with Crippen LogP contribution in [0.4, 0.5) is 0 Å². The van der Waals surface area contributed by atoms with Crippen LogP contribution in [0.1, 0.15) is 38.2 Å². The molecule has 5 heteroatoms. The number of nitrogens with one attached hydrogen (secondary N) is 2. The maximum atomic E-state index is 12.0. The van der Waals surface area contributed by atoms with Gasteiger partial charge >= 0.3 is 11.8 Å². The Kier molecular flexibility index (Phi) is 5.81. The van der Waals surface area contributed by atoms with Crippen molar-refractivity contribution in [3.05, 3.63) is 29.8 Å². The van der Waals surface area contributed by atoms with Gasteiger partial charge in [0, 0.05) is 12.6 Å². The van der Waals surface area contributed by atoms with Gasteiger partial charge in [0.1, 0.15) is 5.75 Å². The number of carbonyl (C=O) groups is 2. The summed E-state index contributed by atoms with van der Waals surface area (Å²) >= 11 is 0. The highest BCUT2D eigenvalue weighted by atomic mass is 16.5. The van der Waals surface area contributed by atoms with Crippen LogP contribution in [0.25, 0.3) is 0 Å². The smallest absolute Gasteiger partial charge is 0.309 e. The molecule has 0 unspecified atom stereocenters. The molecule has 0 bridgehead atoms. The number of rotatable bonds is 4. The molecular weight excluding hydrogens is 280 g/mol. The molecule has 2 amide bonds. The van der Waals surface area contributed by atoms with E-state index in [1.165, 1.54) is 6.42 Å². The molecular formula is C17H24N2O3. The van der Waals surface area contributed by atoms with Crippen molar-refractivity contribution in [1.29, 1.82) is 0 Å². The normalized spacial score (nSPS) is 21.0. The predicted molar refractivity (Wildman–Crippen MR) is 84.4 cm³/mol. The monoisotopic (exact) mass is 304 g/mol. The summed E-state index contributed by atoms with van der Waals surface area (Å²) in [6.07, 6.45) is 4.38. The van der Waals surface area contributed by atoms with Gasteiger partial charge in [-0.15, -0.1) is 0 Å². The summed E-state index contributed by atoms with van der Waals surface area (Å²) in [4.78, 5) is 23.9. The largest absolute Gasteiger partial charge is 0.497 e. The van der Waals surface area contributed by atoms with Gasteiger partial charge in [-0.25, -0.2) is 0 Å². The Morgan fingerprint density at radius 2 is 2.00 bits per heavy atom. The molecule has 2 N–H and O–H groups in total. The van der Waals surface area contributed by atoms with Gasteiger partial charge in [0.05, 0.1) is 7.11 Å². The van der Waals surface area contributed by atoms with Crippen LogP contribution in [0.3, 0.4) is 0 Å². The zero-order chi connectivity index (χ0) is 15.9. The van der Waals surface area contributed by atoms with E-state index in [9.17, 15) is 9.59 Å². The minimum Gasteiger partial charge on any atom is -0.497 e. The lowest BCUT2D eigenvalue weighted by Gasteiger charge is -2.29. The molecule has 1 aliphatic rings. The molecule has 0 spiro atoms. The van der Waals surface area contributed by atoms with E-state index in [-0.39, 0.29) is 6.04 Å². The van der Waals surface area contributed by atoms with Crippen molar-refractivity contribution in [3.8, 4) is 5.75 Å². The van der Waals surface area contributed by atoms with Crippen molar-refractivity contribution < 1.29 is 14.3 Å². The molecule has 2 rings (SSSR count). The standard InChI is InChI=1S/C17H24N2O3/c1-12-6-3-4-9-15(12)19-17(21)16(20)18-11-13-7-5-8-14(10-13)22-2/h5,7-8,10,12,15H,3-4,6,9,11H2,1-2H3,(H,18,20)(H,19,21)/t12-,15-/m1/s1. The van der Waals surface area contributed by atoms with Gasteiger partial charge < -0.3 is 15.4 Å². The topological polar surface area (TPSA) is 67.4 Å². The van der Waals surface area contributed by atoms with E-state index >= 15 is 0 Å². The summed E-state index contributed by atoms with van der Waals surface area (Å²) in [5.74, 6) is 0.0401. The van der Waals surface area contributed by atoms with E-state index in [0.29, 0.717) is 12.5 Å². The van der Waals surface area contributed by atoms with Crippen molar-refractivity contribution in [2.75, 3.05) is 7.11 Å². The van der Waals surface area contributed by atoms with Crippen LogP contribution in [0.2, 0.25) is 0 Å². The van der Waals surface area contributed by atoms with Gasteiger partial charge in [0.25, 0.3) is 0 Å². The highest BCUT2D eigenvalue weighted by Crippen LogP contribution is 2.23. The fraction of sp³-hybridized carbons (Fsp3) is 0.529. The molecule has 0 aliphatic heterocycles. The molecule has 22 heavy (non-hydrogen) atoms. The third kappa shape index (κ3) is 4.48. The summed E-state index contributed by atoms with van der Waals surface area (Å²) in [6, 6.07) is 7.52. The van der Waals surface area contributed by atoms with E-state index in [4.69, 9.17) is 4.74 Å². The first kappa shape index (κ1) is 16.3. The van der Waals surface area contributed by atoms with Crippen LogP contribution in [0.15, 0.2) is 24.3 Å². The van der Waals surface area contributed by atoms with Crippen LogP contribution < -0.4 is 15.4 Å². The molecule has 5 nitrogen and oxygen atoms in total. The molecule has 1 aromatic rings. The van der Waals surface area contributed by atoms with Crippen molar-refractivity contribution in [3.63, 3.8) is 0 Å². The molecule has 1 aliphatic carbocycles. The maximum Gasteiger partial charge on any atom is 0.309 e. The Hall–Kier alpha value is -2.04. The number of amides is 2. The first-order valence-corrected chi connectivity index (χ1v) is 7.81. The van der Waals surface area contributed by atoms with Crippen LogP contribution in [-0.4, -0.2) is 25.0 Å². The number of benzene rings is 1. The number of hydrogen-bond donors (Lipinski definition) is 2. The Morgan fingerprint density at radius 3 is 2.73 bits per heavy atom. The lowest BCUT2D eigenvalue weighted by Crippen LogP contribution is -2.47. The number of methoxy groups -OCH3 is 1. The minimum absolute atomic E-state index is 0.115. The first-order valence-electron chi connectivity index (χ1n) is 7.81. The molecule has 1 aromatic carbocycles. The summed E-state index contributed by atoms with van der Waals surface area (Å²) < 4.78 is 5.13. The zero-order valence-corrected chi connectivity index (χ0v) is 13.2. The fourth-order valence-electron chi connectivity index (χ4n) is 2.81. The van der Waals surface area contributed by atoms with Crippen LogP contribution in [0, 0.1) is 5.92 Å². The van der Waals surface area contributed by atoms with Crippen molar-refractivity contribution in [1.82, 2.24) is 10.6 Å². The summed E-state index contributed by atoms with van der Waals surface area (Å²) in [5, 5.41) is 5.50.